The number of para-hydroxylation sites is 4. The van der Waals surface area contributed by atoms with Gasteiger partial charge < -0.3 is 9.84 Å². The molecule has 5 nitrogen and oxygen atoms in total. The second-order valence-electron chi connectivity index (χ2n) is 6.86. The Balaban J connectivity index is 1.68. The van der Waals surface area contributed by atoms with Crippen molar-refractivity contribution in [2.75, 3.05) is 0 Å². The summed E-state index contributed by atoms with van der Waals surface area (Å²) < 4.78 is 8.19. The zero-order valence-corrected chi connectivity index (χ0v) is 14.8. The molecule has 0 bridgehead atoms. The zero-order chi connectivity index (χ0) is 18.7. The minimum absolute atomic E-state index is 0.198. The van der Waals surface area contributed by atoms with E-state index in [0.29, 0.717) is 11.5 Å². The van der Waals surface area contributed by atoms with Crippen LogP contribution in [-0.4, -0.2) is 20.6 Å². The third kappa shape index (κ3) is 2.07. The number of fused-ring (bicyclic) bond motifs is 6. The summed E-state index contributed by atoms with van der Waals surface area (Å²) in [7, 11) is 0. The number of ether oxygens (including phenoxy) is 1. The van der Waals surface area contributed by atoms with Crippen LogP contribution in [0.4, 0.5) is 0 Å². The van der Waals surface area contributed by atoms with Crippen molar-refractivity contribution in [3.63, 3.8) is 0 Å². The lowest BCUT2D eigenvalue weighted by molar-refractivity contribution is 0.450. The molecule has 28 heavy (non-hydrogen) atoms. The van der Waals surface area contributed by atoms with E-state index in [2.05, 4.69) is 10.6 Å². The first kappa shape index (κ1) is 15.2. The fourth-order valence-corrected chi connectivity index (χ4v) is 3.89. The van der Waals surface area contributed by atoms with Crippen LogP contribution in [0, 0.1) is 0 Å². The van der Waals surface area contributed by atoms with Gasteiger partial charge in [0, 0.05) is 11.1 Å². The van der Waals surface area contributed by atoms with Crippen LogP contribution in [0.5, 0.6) is 11.5 Å². The van der Waals surface area contributed by atoms with E-state index >= 15 is 0 Å². The summed E-state index contributed by atoms with van der Waals surface area (Å²) in [6, 6.07) is 23.1. The van der Waals surface area contributed by atoms with Crippen LogP contribution in [0.1, 0.15) is 23.1 Å². The van der Waals surface area contributed by atoms with Crippen LogP contribution in [-0.2, 0) is 0 Å². The van der Waals surface area contributed by atoms with Crippen LogP contribution >= 0.6 is 0 Å². The molecule has 2 aliphatic heterocycles. The molecular formula is C23H15N3O2. The lowest BCUT2D eigenvalue weighted by Crippen LogP contribution is -2.26. The minimum atomic E-state index is -0.457. The summed E-state index contributed by atoms with van der Waals surface area (Å²) in [6.07, 6.45) is 1.61. The predicted molar refractivity (Wildman–Crippen MR) is 108 cm³/mol. The molecular weight excluding hydrogens is 350 g/mol. The number of phenolic OH excluding ortho intramolecular Hbond substituents is 1. The van der Waals surface area contributed by atoms with Gasteiger partial charge in [-0.05, 0) is 30.3 Å². The minimum Gasteiger partial charge on any atom is -0.508 e. The number of benzene rings is 3. The van der Waals surface area contributed by atoms with Crippen molar-refractivity contribution in [2.45, 2.75) is 6.17 Å². The first-order valence-electron chi connectivity index (χ1n) is 9.11. The van der Waals surface area contributed by atoms with E-state index in [-0.39, 0.29) is 5.75 Å². The highest BCUT2D eigenvalue weighted by Crippen LogP contribution is 2.41. The van der Waals surface area contributed by atoms with Crippen molar-refractivity contribution in [1.82, 2.24) is 9.55 Å². The molecule has 0 spiro atoms. The molecule has 3 aromatic carbocycles. The van der Waals surface area contributed by atoms with E-state index < -0.39 is 6.17 Å². The van der Waals surface area contributed by atoms with Crippen molar-refractivity contribution in [3.8, 4) is 11.5 Å². The number of aromatic hydroxyl groups is 1. The number of aromatic nitrogens is 2. The first-order chi connectivity index (χ1) is 13.8. The lowest BCUT2D eigenvalue weighted by atomic mass is 10.0. The van der Waals surface area contributed by atoms with Crippen LogP contribution < -0.4 is 4.74 Å². The van der Waals surface area contributed by atoms with Gasteiger partial charge in [0.1, 0.15) is 17.3 Å². The number of hydrogen-bond donors (Lipinski definition) is 1. The van der Waals surface area contributed by atoms with Gasteiger partial charge in [0.2, 0.25) is 5.90 Å². The van der Waals surface area contributed by atoms with E-state index in [1.165, 1.54) is 0 Å². The number of rotatable bonds is 1. The van der Waals surface area contributed by atoms with Gasteiger partial charge in [0.05, 0.1) is 16.6 Å². The van der Waals surface area contributed by atoms with Crippen LogP contribution in [0.3, 0.4) is 0 Å². The summed E-state index contributed by atoms with van der Waals surface area (Å²) in [5, 5.41) is 10.5. The van der Waals surface area contributed by atoms with Crippen molar-refractivity contribution in [2.24, 2.45) is 4.99 Å². The Labute approximate surface area is 160 Å². The molecule has 0 saturated heterocycles. The molecule has 0 aliphatic carbocycles. The van der Waals surface area contributed by atoms with E-state index in [0.717, 1.165) is 33.7 Å². The van der Waals surface area contributed by atoms with Gasteiger partial charge in [-0.3, -0.25) is 4.57 Å². The normalized spacial score (nSPS) is 17.1. The third-order valence-electron chi connectivity index (χ3n) is 5.19. The van der Waals surface area contributed by atoms with Crippen molar-refractivity contribution < 1.29 is 9.84 Å². The Bertz CT molecular complexity index is 1320. The van der Waals surface area contributed by atoms with Crippen molar-refractivity contribution >= 4 is 28.6 Å². The van der Waals surface area contributed by atoms with Crippen LogP contribution in [0.2, 0.25) is 0 Å². The number of phenols is 1. The summed E-state index contributed by atoms with van der Waals surface area (Å²) in [5.41, 5.74) is 4.40. The number of hydrogen-bond acceptors (Lipinski definition) is 4. The maximum atomic E-state index is 10.5. The Hall–Kier alpha value is -3.86. The van der Waals surface area contributed by atoms with E-state index in [9.17, 15) is 5.11 Å². The zero-order valence-electron chi connectivity index (χ0n) is 14.8. The summed E-state index contributed by atoms with van der Waals surface area (Å²) >= 11 is 0. The summed E-state index contributed by atoms with van der Waals surface area (Å²) in [5.74, 6) is 2.28. The third-order valence-corrected chi connectivity index (χ3v) is 5.19. The highest BCUT2D eigenvalue weighted by molar-refractivity contribution is 6.26. The topological polar surface area (TPSA) is 59.6 Å². The molecule has 3 heterocycles. The van der Waals surface area contributed by atoms with Gasteiger partial charge in [0.15, 0.2) is 6.17 Å². The van der Waals surface area contributed by atoms with Crippen LogP contribution in [0.15, 0.2) is 77.8 Å². The SMILES string of the molecule is Oc1ccccc1C1N=C2Oc3ccccc3C=C2c2nc3ccccc3n21. The van der Waals surface area contributed by atoms with Gasteiger partial charge in [0.25, 0.3) is 0 Å². The standard InChI is InChI=1S/C23H15N3O2/c27-19-11-5-2-8-15(19)21-25-23-16(13-14-7-1-6-12-20(14)28-23)22-24-17-9-3-4-10-18(17)26(21)22/h1-13,21,27H. The molecule has 4 aromatic rings. The maximum absolute atomic E-state index is 10.5. The summed E-state index contributed by atoms with van der Waals surface area (Å²) in [4.78, 5) is 9.75. The molecule has 2 aliphatic rings. The molecule has 1 unspecified atom stereocenters. The van der Waals surface area contributed by atoms with Gasteiger partial charge in [-0.25, -0.2) is 9.98 Å². The molecule has 134 valence electrons. The molecule has 1 N–H and O–H groups in total. The average Bonchev–Trinajstić information content (AvgIpc) is 3.12. The Morgan fingerprint density at radius 1 is 0.893 bits per heavy atom. The highest BCUT2D eigenvalue weighted by Gasteiger charge is 2.34. The smallest absolute Gasteiger partial charge is 0.228 e. The number of aliphatic imine (C=N–C) groups is 1. The Kier molecular flexibility index (Phi) is 3.03. The predicted octanol–water partition coefficient (Wildman–Crippen LogP) is 4.63. The van der Waals surface area contributed by atoms with E-state index in [4.69, 9.17) is 14.7 Å². The average molecular weight is 365 g/mol. The fourth-order valence-electron chi connectivity index (χ4n) is 3.89. The van der Waals surface area contributed by atoms with Gasteiger partial charge >= 0.3 is 0 Å². The fraction of sp³-hybridized carbons (Fsp3) is 0.0435. The molecule has 0 saturated carbocycles. The molecule has 6 rings (SSSR count). The van der Waals surface area contributed by atoms with E-state index in [1.807, 2.05) is 60.7 Å². The monoisotopic (exact) mass is 365 g/mol. The molecule has 0 radical (unpaired) electrons. The maximum Gasteiger partial charge on any atom is 0.228 e. The summed E-state index contributed by atoms with van der Waals surface area (Å²) in [6.45, 7) is 0. The number of nitrogens with zero attached hydrogens (tertiary/aromatic N) is 3. The number of imidazole rings is 1. The molecule has 0 fully saturated rings. The van der Waals surface area contributed by atoms with Gasteiger partial charge in [-0.2, -0.15) is 0 Å². The van der Waals surface area contributed by atoms with E-state index in [1.54, 1.807) is 12.1 Å². The molecule has 1 aromatic heterocycles. The second-order valence-corrected chi connectivity index (χ2v) is 6.86. The quantitative estimate of drug-likeness (QED) is 0.535. The molecule has 1 atom stereocenters. The Morgan fingerprint density at radius 2 is 1.68 bits per heavy atom. The first-order valence-corrected chi connectivity index (χ1v) is 9.11. The Morgan fingerprint density at radius 3 is 2.61 bits per heavy atom. The molecule has 5 heteroatoms. The van der Waals surface area contributed by atoms with Crippen molar-refractivity contribution in [3.05, 3.63) is 89.7 Å². The molecule has 0 amide bonds. The lowest BCUT2D eigenvalue weighted by Gasteiger charge is -2.28. The highest BCUT2D eigenvalue weighted by atomic mass is 16.5. The second kappa shape index (κ2) is 5.57. The largest absolute Gasteiger partial charge is 0.508 e. The van der Waals surface area contributed by atoms with Crippen molar-refractivity contribution in [1.29, 1.82) is 0 Å². The van der Waals surface area contributed by atoms with Gasteiger partial charge in [-0.1, -0.05) is 48.5 Å². The van der Waals surface area contributed by atoms with Crippen LogP contribution in [0.25, 0.3) is 22.7 Å². The van der Waals surface area contributed by atoms with Gasteiger partial charge in [-0.15, -0.1) is 0 Å².